The smallest absolute Gasteiger partial charge is 0.349 e. The number of hydrogen-bond donors (Lipinski definition) is 1. The molecule has 1 fully saturated rings. The van der Waals surface area contributed by atoms with E-state index in [9.17, 15) is 4.79 Å². The van der Waals surface area contributed by atoms with Crippen LogP contribution >= 0.6 is 22.9 Å². The topological polar surface area (TPSA) is 56.7 Å². The van der Waals surface area contributed by atoms with Gasteiger partial charge >= 0.3 is 5.97 Å². The second-order valence-electron chi connectivity index (χ2n) is 4.27. The lowest BCUT2D eigenvalue weighted by molar-refractivity contribution is 0.0702. The molecule has 1 aromatic heterocycles. The molecule has 0 spiro atoms. The molecule has 0 aromatic carbocycles. The van der Waals surface area contributed by atoms with Gasteiger partial charge in [0.2, 0.25) is 0 Å². The van der Waals surface area contributed by atoms with E-state index in [4.69, 9.17) is 16.7 Å². The molecule has 0 bridgehead atoms. The molecule has 5 nitrogen and oxygen atoms in total. The van der Waals surface area contributed by atoms with Crippen molar-refractivity contribution in [2.24, 2.45) is 0 Å². The zero-order chi connectivity index (χ0) is 12.6. The molecule has 0 aliphatic carbocycles. The number of thiazole rings is 1. The number of likely N-dealkylation sites (N-methyl/N-ethyl adjacent to an activating group) is 1. The van der Waals surface area contributed by atoms with Gasteiger partial charge < -0.3 is 14.9 Å². The van der Waals surface area contributed by atoms with E-state index < -0.39 is 5.97 Å². The molecule has 1 aromatic rings. The Bertz CT molecular complexity index is 435. The number of rotatable bonds is 3. The number of carboxylic acids is 1. The van der Waals surface area contributed by atoms with Crippen LogP contribution in [0.1, 0.15) is 16.1 Å². The average Bonchev–Trinajstić information content (AvgIpc) is 2.82. The van der Waals surface area contributed by atoms with Gasteiger partial charge in [0, 0.05) is 19.1 Å². The second-order valence-corrected chi connectivity index (χ2v) is 5.61. The summed E-state index contributed by atoms with van der Waals surface area (Å²) in [6.07, 6.45) is 1.06. The molecule has 7 heteroatoms. The normalized spacial score (nSPS) is 20.2. The predicted molar refractivity (Wildman–Crippen MR) is 68.4 cm³/mol. The summed E-state index contributed by atoms with van der Waals surface area (Å²) in [6.45, 7) is 1.77. The highest BCUT2D eigenvalue weighted by atomic mass is 35.5. The van der Waals surface area contributed by atoms with Gasteiger partial charge in [0.1, 0.15) is 0 Å². The van der Waals surface area contributed by atoms with Gasteiger partial charge in [-0.3, -0.25) is 0 Å². The minimum atomic E-state index is -1.01. The third-order valence-corrected chi connectivity index (χ3v) is 4.42. The van der Waals surface area contributed by atoms with E-state index in [0.29, 0.717) is 11.2 Å². The van der Waals surface area contributed by atoms with Crippen molar-refractivity contribution in [2.75, 3.05) is 32.1 Å². The number of halogens is 1. The molecule has 1 aliphatic rings. The third kappa shape index (κ3) is 2.53. The number of aromatic carboxylic acids is 1. The highest BCUT2D eigenvalue weighted by molar-refractivity contribution is 7.18. The summed E-state index contributed by atoms with van der Waals surface area (Å²) in [6, 6.07) is 0.492. The summed E-state index contributed by atoms with van der Waals surface area (Å²) >= 11 is 6.94. The Morgan fingerprint density at radius 3 is 2.82 bits per heavy atom. The molecule has 1 aliphatic heterocycles. The maximum absolute atomic E-state index is 10.9. The van der Waals surface area contributed by atoms with E-state index in [1.807, 2.05) is 14.1 Å². The SMILES string of the molecule is CN(C)C1CCN(c2nc(Cl)c(C(=O)O)s2)C1. The van der Waals surface area contributed by atoms with E-state index >= 15 is 0 Å². The maximum Gasteiger partial charge on any atom is 0.349 e. The largest absolute Gasteiger partial charge is 0.477 e. The fourth-order valence-corrected chi connectivity index (χ4v) is 3.05. The second kappa shape index (κ2) is 4.80. The van der Waals surface area contributed by atoms with E-state index in [2.05, 4.69) is 14.8 Å². The van der Waals surface area contributed by atoms with Crippen LogP contribution in [-0.4, -0.2) is 54.2 Å². The summed E-state index contributed by atoms with van der Waals surface area (Å²) in [5.41, 5.74) is 0. The van der Waals surface area contributed by atoms with Crippen molar-refractivity contribution < 1.29 is 9.90 Å². The molecule has 0 amide bonds. The molecule has 94 valence electrons. The molecule has 1 atom stereocenters. The van der Waals surface area contributed by atoms with Crippen LogP contribution in [0.25, 0.3) is 0 Å². The number of carboxylic acid groups (broad SMARTS) is 1. The van der Waals surface area contributed by atoms with E-state index in [0.717, 1.165) is 30.8 Å². The third-order valence-electron chi connectivity index (χ3n) is 2.93. The molecule has 2 rings (SSSR count). The Labute approximate surface area is 109 Å². The fraction of sp³-hybridized carbons (Fsp3) is 0.600. The van der Waals surface area contributed by atoms with Gasteiger partial charge in [-0.1, -0.05) is 22.9 Å². The van der Waals surface area contributed by atoms with Crippen molar-refractivity contribution in [1.82, 2.24) is 9.88 Å². The quantitative estimate of drug-likeness (QED) is 0.909. The Morgan fingerprint density at radius 1 is 1.65 bits per heavy atom. The van der Waals surface area contributed by atoms with Crippen LogP contribution in [0.5, 0.6) is 0 Å². The first-order chi connectivity index (χ1) is 7.99. The molecular weight excluding hydrogens is 262 g/mol. The Balaban J connectivity index is 2.14. The van der Waals surface area contributed by atoms with Gasteiger partial charge in [-0.2, -0.15) is 0 Å². The number of anilines is 1. The fourth-order valence-electron chi connectivity index (χ4n) is 1.90. The van der Waals surface area contributed by atoms with Crippen molar-refractivity contribution in [3.05, 3.63) is 10.0 Å². The Morgan fingerprint density at radius 2 is 2.35 bits per heavy atom. The first kappa shape index (κ1) is 12.6. The van der Waals surface area contributed by atoms with Crippen molar-refractivity contribution in [1.29, 1.82) is 0 Å². The van der Waals surface area contributed by atoms with Crippen LogP contribution in [0.4, 0.5) is 5.13 Å². The van der Waals surface area contributed by atoms with Gasteiger partial charge in [0.05, 0.1) is 0 Å². The van der Waals surface area contributed by atoms with Gasteiger partial charge in [0.25, 0.3) is 0 Å². The number of aromatic nitrogens is 1. The van der Waals surface area contributed by atoms with Crippen molar-refractivity contribution >= 4 is 34.0 Å². The molecule has 1 unspecified atom stereocenters. The molecule has 1 saturated heterocycles. The van der Waals surface area contributed by atoms with Gasteiger partial charge in [-0.15, -0.1) is 0 Å². The Hall–Kier alpha value is -0.850. The number of carbonyl (C=O) groups is 1. The van der Waals surface area contributed by atoms with Gasteiger partial charge in [0.15, 0.2) is 15.2 Å². The first-order valence-corrected chi connectivity index (χ1v) is 6.49. The summed E-state index contributed by atoms with van der Waals surface area (Å²) in [5, 5.41) is 9.72. The molecule has 1 N–H and O–H groups in total. The lowest BCUT2D eigenvalue weighted by Gasteiger charge is -2.19. The van der Waals surface area contributed by atoms with E-state index in [1.54, 1.807) is 0 Å². The predicted octanol–water partition coefficient (Wildman–Crippen LogP) is 1.64. The molecule has 0 radical (unpaired) electrons. The zero-order valence-electron chi connectivity index (χ0n) is 9.68. The summed E-state index contributed by atoms with van der Waals surface area (Å²) < 4.78 is 0. The first-order valence-electron chi connectivity index (χ1n) is 5.30. The van der Waals surface area contributed by atoms with Crippen LogP contribution in [0, 0.1) is 0 Å². The molecule has 2 heterocycles. The standard InChI is InChI=1S/C10H14ClN3O2S/c1-13(2)6-3-4-14(5-6)10-12-8(11)7(17-10)9(15)16/h6H,3-5H2,1-2H3,(H,15,16). The Kier molecular flexibility index (Phi) is 3.56. The lowest BCUT2D eigenvalue weighted by Crippen LogP contribution is -2.31. The van der Waals surface area contributed by atoms with Gasteiger partial charge in [-0.25, -0.2) is 9.78 Å². The molecular formula is C10H14ClN3O2S. The highest BCUT2D eigenvalue weighted by Crippen LogP contribution is 2.32. The lowest BCUT2D eigenvalue weighted by atomic mass is 10.2. The summed E-state index contributed by atoms with van der Waals surface area (Å²) in [7, 11) is 4.09. The van der Waals surface area contributed by atoms with E-state index in [1.165, 1.54) is 0 Å². The number of nitrogens with zero attached hydrogens (tertiary/aromatic N) is 3. The van der Waals surface area contributed by atoms with Crippen LogP contribution in [0.15, 0.2) is 0 Å². The summed E-state index contributed by atoms with van der Waals surface area (Å²) in [4.78, 5) is 19.4. The van der Waals surface area contributed by atoms with Crippen LogP contribution in [0.3, 0.4) is 0 Å². The number of hydrogen-bond acceptors (Lipinski definition) is 5. The van der Waals surface area contributed by atoms with Crippen molar-refractivity contribution in [3.8, 4) is 0 Å². The molecule has 0 saturated carbocycles. The monoisotopic (exact) mass is 275 g/mol. The van der Waals surface area contributed by atoms with Crippen molar-refractivity contribution in [2.45, 2.75) is 12.5 Å². The zero-order valence-corrected chi connectivity index (χ0v) is 11.3. The van der Waals surface area contributed by atoms with Crippen LogP contribution in [0.2, 0.25) is 5.15 Å². The minimum Gasteiger partial charge on any atom is -0.477 e. The van der Waals surface area contributed by atoms with Gasteiger partial charge in [-0.05, 0) is 20.5 Å². The minimum absolute atomic E-state index is 0.0887. The summed E-state index contributed by atoms with van der Waals surface area (Å²) in [5.74, 6) is -1.01. The van der Waals surface area contributed by atoms with Crippen molar-refractivity contribution in [3.63, 3.8) is 0 Å². The highest BCUT2D eigenvalue weighted by Gasteiger charge is 2.27. The van der Waals surface area contributed by atoms with Crippen LogP contribution < -0.4 is 4.90 Å². The molecule has 17 heavy (non-hydrogen) atoms. The van der Waals surface area contributed by atoms with Crippen LogP contribution in [-0.2, 0) is 0 Å². The average molecular weight is 276 g/mol. The van der Waals surface area contributed by atoms with E-state index in [-0.39, 0.29) is 10.0 Å². The maximum atomic E-state index is 10.9.